The molecule has 4 aromatic rings. The van der Waals surface area contributed by atoms with Gasteiger partial charge in [-0.3, -0.25) is 4.79 Å². The van der Waals surface area contributed by atoms with Crippen molar-refractivity contribution in [3.63, 3.8) is 0 Å². The van der Waals surface area contributed by atoms with Crippen molar-refractivity contribution in [1.29, 1.82) is 0 Å². The number of amides is 1. The Hall–Kier alpha value is -3.93. The van der Waals surface area contributed by atoms with E-state index in [9.17, 15) is 9.18 Å². The van der Waals surface area contributed by atoms with Gasteiger partial charge in [-0.2, -0.15) is 5.10 Å². The maximum absolute atomic E-state index is 13.4. The van der Waals surface area contributed by atoms with Crippen molar-refractivity contribution in [1.82, 2.24) is 15.1 Å². The van der Waals surface area contributed by atoms with E-state index in [1.807, 2.05) is 61.5 Å². The molecule has 6 heteroatoms. The number of halogens is 1. The van der Waals surface area contributed by atoms with E-state index >= 15 is 0 Å². The Bertz CT molecular complexity index is 1170. The van der Waals surface area contributed by atoms with Gasteiger partial charge in [0.15, 0.2) is 0 Å². The third kappa shape index (κ3) is 4.48. The predicted molar refractivity (Wildman–Crippen MR) is 118 cm³/mol. The SMILES string of the molecule is COc1ccc(-c2cc(C(=O)NC(C)c3ccccc3)n(-c3ccc(F)cc3)n2)cc1. The van der Waals surface area contributed by atoms with Gasteiger partial charge in [0, 0.05) is 5.56 Å². The number of aromatic nitrogens is 2. The van der Waals surface area contributed by atoms with E-state index in [4.69, 9.17) is 4.74 Å². The van der Waals surface area contributed by atoms with Crippen LogP contribution in [0, 0.1) is 5.82 Å². The van der Waals surface area contributed by atoms with Crippen LogP contribution in [-0.4, -0.2) is 22.8 Å². The lowest BCUT2D eigenvalue weighted by Crippen LogP contribution is -2.28. The number of benzene rings is 3. The second-order valence-electron chi connectivity index (χ2n) is 7.14. The molecule has 1 aromatic heterocycles. The summed E-state index contributed by atoms with van der Waals surface area (Å²) in [7, 11) is 1.61. The second-order valence-corrected chi connectivity index (χ2v) is 7.14. The predicted octanol–water partition coefficient (Wildman–Crippen LogP) is 5.18. The summed E-state index contributed by atoms with van der Waals surface area (Å²) in [6.45, 7) is 1.93. The van der Waals surface area contributed by atoms with Crippen LogP contribution in [0.2, 0.25) is 0 Å². The van der Waals surface area contributed by atoms with Gasteiger partial charge in [-0.1, -0.05) is 30.3 Å². The highest BCUT2D eigenvalue weighted by Crippen LogP contribution is 2.25. The van der Waals surface area contributed by atoms with Gasteiger partial charge < -0.3 is 10.1 Å². The van der Waals surface area contributed by atoms with Gasteiger partial charge in [0.1, 0.15) is 17.3 Å². The monoisotopic (exact) mass is 415 g/mol. The zero-order valence-electron chi connectivity index (χ0n) is 17.2. The summed E-state index contributed by atoms with van der Waals surface area (Å²) in [5.74, 6) is 0.110. The van der Waals surface area contributed by atoms with E-state index < -0.39 is 0 Å². The van der Waals surface area contributed by atoms with E-state index in [0.717, 1.165) is 16.9 Å². The molecule has 0 radical (unpaired) electrons. The summed E-state index contributed by atoms with van der Waals surface area (Å²) in [6.07, 6.45) is 0. The number of hydrogen-bond acceptors (Lipinski definition) is 3. The van der Waals surface area contributed by atoms with Crippen LogP contribution in [0.15, 0.2) is 84.9 Å². The van der Waals surface area contributed by atoms with E-state index in [0.29, 0.717) is 17.1 Å². The van der Waals surface area contributed by atoms with Crippen LogP contribution < -0.4 is 10.1 Å². The second kappa shape index (κ2) is 8.83. The first kappa shape index (κ1) is 20.3. The van der Waals surface area contributed by atoms with Crippen molar-refractivity contribution in [2.24, 2.45) is 0 Å². The molecule has 3 aromatic carbocycles. The number of hydrogen-bond donors (Lipinski definition) is 1. The van der Waals surface area contributed by atoms with Crippen LogP contribution in [0.3, 0.4) is 0 Å². The van der Waals surface area contributed by atoms with Crippen molar-refractivity contribution in [2.45, 2.75) is 13.0 Å². The average molecular weight is 415 g/mol. The Labute approximate surface area is 180 Å². The van der Waals surface area contributed by atoms with E-state index in [2.05, 4.69) is 10.4 Å². The molecule has 1 amide bonds. The average Bonchev–Trinajstić information content (AvgIpc) is 3.26. The molecule has 0 bridgehead atoms. The summed E-state index contributed by atoms with van der Waals surface area (Å²) >= 11 is 0. The lowest BCUT2D eigenvalue weighted by molar-refractivity contribution is 0.0932. The number of nitrogens with zero attached hydrogens (tertiary/aromatic N) is 2. The third-order valence-corrected chi connectivity index (χ3v) is 5.05. The van der Waals surface area contributed by atoms with Gasteiger partial charge >= 0.3 is 0 Å². The molecule has 1 atom stereocenters. The van der Waals surface area contributed by atoms with Gasteiger partial charge in [-0.25, -0.2) is 9.07 Å². The van der Waals surface area contributed by atoms with Crippen molar-refractivity contribution < 1.29 is 13.9 Å². The maximum Gasteiger partial charge on any atom is 0.270 e. The number of methoxy groups -OCH3 is 1. The lowest BCUT2D eigenvalue weighted by atomic mass is 10.1. The van der Waals surface area contributed by atoms with Gasteiger partial charge in [0.05, 0.1) is 24.5 Å². The molecule has 0 saturated heterocycles. The molecule has 1 N–H and O–H groups in total. The molecule has 5 nitrogen and oxygen atoms in total. The lowest BCUT2D eigenvalue weighted by Gasteiger charge is -2.15. The smallest absolute Gasteiger partial charge is 0.270 e. The highest BCUT2D eigenvalue weighted by atomic mass is 19.1. The van der Waals surface area contributed by atoms with Gasteiger partial charge in [-0.05, 0) is 67.1 Å². The van der Waals surface area contributed by atoms with E-state index in [1.165, 1.54) is 16.8 Å². The molecular weight excluding hydrogens is 393 g/mol. The Kier molecular flexibility index (Phi) is 5.80. The van der Waals surface area contributed by atoms with Crippen LogP contribution in [0.4, 0.5) is 4.39 Å². The largest absolute Gasteiger partial charge is 0.497 e. The fourth-order valence-corrected chi connectivity index (χ4v) is 3.32. The molecule has 0 saturated carbocycles. The molecule has 0 fully saturated rings. The van der Waals surface area contributed by atoms with Crippen molar-refractivity contribution in [2.75, 3.05) is 7.11 Å². The fourth-order valence-electron chi connectivity index (χ4n) is 3.32. The van der Waals surface area contributed by atoms with Gasteiger partial charge in [0.25, 0.3) is 5.91 Å². The fraction of sp³-hybridized carbons (Fsp3) is 0.120. The van der Waals surface area contributed by atoms with Crippen LogP contribution in [-0.2, 0) is 0 Å². The Morgan fingerprint density at radius 3 is 2.32 bits per heavy atom. The quantitative estimate of drug-likeness (QED) is 0.472. The number of carbonyl (C=O) groups is 1. The molecule has 156 valence electrons. The van der Waals surface area contributed by atoms with Crippen molar-refractivity contribution in [3.8, 4) is 22.7 Å². The Morgan fingerprint density at radius 2 is 1.68 bits per heavy atom. The van der Waals surface area contributed by atoms with Crippen LogP contribution in [0.1, 0.15) is 29.0 Å². The highest BCUT2D eigenvalue weighted by molar-refractivity contribution is 5.94. The summed E-state index contributed by atoms with van der Waals surface area (Å²) in [5, 5.41) is 7.65. The van der Waals surface area contributed by atoms with Gasteiger partial charge in [-0.15, -0.1) is 0 Å². The first-order valence-corrected chi connectivity index (χ1v) is 9.91. The van der Waals surface area contributed by atoms with Crippen molar-refractivity contribution >= 4 is 5.91 Å². The molecule has 31 heavy (non-hydrogen) atoms. The maximum atomic E-state index is 13.4. The molecular formula is C25H22FN3O2. The topological polar surface area (TPSA) is 56.1 Å². The minimum Gasteiger partial charge on any atom is -0.497 e. The summed E-state index contributed by atoms with van der Waals surface area (Å²) in [5.41, 5.74) is 3.43. The minimum absolute atomic E-state index is 0.185. The van der Waals surface area contributed by atoms with Gasteiger partial charge in [0.2, 0.25) is 0 Å². The van der Waals surface area contributed by atoms with Crippen LogP contribution in [0.25, 0.3) is 16.9 Å². The van der Waals surface area contributed by atoms with Crippen molar-refractivity contribution in [3.05, 3.63) is 102 Å². The molecule has 0 spiro atoms. The summed E-state index contributed by atoms with van der Waals surface area (Å²) < 4.78 is 20.2. The minimum atomic E-state index is -0.352. The summed E-state index contributed by atoms with van der Waals surface area (Å²) in [4.78, 5) is 13.2. The normalized spacial score (nSPS) is 11.7. The van der Waals surface area contributed by atoms with E-state index in [1.54, 1.807) is 25.3 Å². The zero-order valence-corrected chi connectivity index (χ0v) is 17.2. The summed E-state index contributed by atoms with van der Waals surface area (Å²) in [6, 6.07) is 24.6. The van der Waals surface area contributed by atoms with E-state index in [-0.39, 0.29) is 17.8 Å². The Balaban J connectivity index is 1.71. The third-order valence-electron chi connectivity index (χ3n) is 5.05. The number of nitrogens with one attached hydrogen (secondary N) is 1. The Morgan fingerprint density at radius 1 is 1.00 bits per heavy atom. The first-order chi connectivity index (χ1) is 15.0. The molecule has 4 rings (SSSR count). The number of ether oxygens (including phenoxy) is 1. The molecule has 0 aliphatic heterocycles. The number of rotatable bonds is 6. The first-order valence-electron chi connectivity index (χ1n) is 9.91. The molecule has 1 heterocycles. The molecule has 1 unspecified atom stereocenters. The zero-order chi connectivity index (χ0) is 21.8. The molecule has 0 aliphatic carbocycles. The molecule has 0 aliphatic rings. The van der Waals surface area contributed by atoms with Crippen LogP contribution in [0.5, 0.6) is 5.75 Å². The van der Waals surface area contributed by atoms with Crippen LogP contribution >= 0.6 is 0 Å². The standard InChI is InChI=1S/C25H22FN3O2/c1-17(18-6-4-3-5-7-18)27-25(30)24-16-23(19-8-14-22(31-2)15-9-19)28-29(24)21-12-10-20(26)11-13-21/h3-17H,1-2H3,(H,27,30). The highest BCUT2D eigenvalue weighted by Gasteiger charge is 2.20. The number of carbonyl (C=O) groups excluding carboxylic acids is 1.